The van der Waals surface area contributed by atoms with Crippen LogP contribution in [0.2, 0.25) is 5.02 Å². The number of hydrogen-bond donors (Lipinski definition) is 1. The fourth-order valence-electron chi connectivity index (χ4n) is 3.34. The molecule has 0 aliphatic carbocycles. The molecule has 0 aliphatic rings. The van der Waals surface area contributed by atoms with Crippen LogP contribution in [0.1, 0.15) is 32.6 Å². The first-order valence-electron chi connectivity index (χ1n) is 9.54. The van der Waals surface area contributed by atoms with Gasteiger partial charge in [-0.15, -0.1) is 0 Å². The Bertz CT molecular complexity index is 1150. The number of nitrogens with one attached hydrogen (secondary N) is 1. The van der Waals surface area contributed by atoms with Crippen molar-refractivity contribution < 1.29 is 9.21 Å². The molecule has 1 heterocycles. The van der Waals surface area contributed by atoms with Crippen LogP contribution < -0.4 is 5.32 Å². The summed E-state index contributed by atoms with van der Waals surface area (Å²) in [6.45, 7) is 2.12. The monoisotopic (exact) mass is 392 g/mol. The SMILES string of the molecule is CCCCCC(=O)Nc1ccc2oc(-c3cccc4c(Cl)cccc34)nc2c1. The molecule has 0 unspecified atom stereocenters. The summed E-state index contributed by atoms with van der Waals surface area (Å²) in [5.41, 5.74) is 3.01. The molecule has 1 N–H and O–H groups in total. The Kier molecular flexibility index (Phi) is 5.31. The lowest BCUT2D eigenvalue weighted by Gasteiger charge is -2.04. The normalized spacial score (nSPS) is 11.2. The maximum absolute atomic E-state index is 12.1. The molecule has 0 bridgehead atoms. The number of aromatic nitrogens is 1. The Balaban J connectivity index is 1.64. The van der Waals surface area contributed by atoms with E-state index in [1.54, 1.807) is 0 Å². The first-order chi connectivity index (χ1) is 13.7. The molecule has 28 heavy (non-hydrogen) atoms. The summed E-state index contributed by atoms with van der Waals surface area (Å²) >= 11 is 6.32. The van der Waals surface area contributed by atoms with Crippen molar-refractivity contribution in [1.82, 2.24) is 4.98 Å². The van der Waals surface area contributed by atoms with Gasteiger partial charge in [0.2, 0.25) is 11.8 Å². The first kappa shape index (κ1) is 18.5. The van der Waals surface area contributed by atoms with E-state index < -0.39 is 0 Å². The van der Waals surface area contributed by atoms with E-state index in [-0.39, 0.29) is 5.91 Å². The molecule has 1 amide bonds. The topological polar surface area (TPSA) is 55.1 Å². The van der Waals surface area contributed by atoms with Gasteiger partial charge in [0.1, 0.15) is 5.52 Å². The molecule has 5 heteroatoms. The standard InChI is InChI=1S/C23H21ClN2O2/c1-2-3-4-11-22(27)25-15-12-13-21-20(14-15)26-23(28-21)18-9-5-8-17-16(18)7-6-10-19(17)24/h5-10,12-14H,2-4,11H2,1H3,(H,25,27). The number of anilines is 1. The second-order valence-electron chi connectivity index (χ2n) is 6.85. The summed E-state index contributed by atoms with van der Waals surface area (Å²) < 4.78 is 5.97. The highest BCUT2D eigenvalue weighted by Crippen LogP contribution is 2.33. The molecule has 0 radical (unpaired) electrons. The first-order valence-corrected chi connectivity index (χ1v) is 9.91. The molecular formula is C23H21ClN2O2. The largest absolute Gasteiger partial charge is 0.436 e. The van der Waals surface area contributed by atoms with Crippen molar-refractivity contribution in [2.75, 3.05) is 5.32 Å². The van der Waals surface area contributed by atoms with Crippen LogP contribution in [0.3, 0.4) is 0 Å². The summed E-state index contributed by atoms with van der Waals surface area (Å²) in [4.78, 5) is 16.7. The number of nitrogens with zero attached hydrogens (tertiary/aromatic N) is 1. The quantitative estimate of drug-likeness (QED) is 0.366. The second-order valence-corrected chi connectivity index (χ2v) is 7.25. The summed E-state index contributed by atoms with van der Waals surface area (Å²) in [5.74, 6) is 0.564. The summed E-state index contributed by atoms with van der Waals surface area (Å²) in [6, 6.07) is 17.2. The van der Waals surface area contributed by atoms with E-state index in [1.165, 1.54) is 0 Å². The lowest BCUT2D eigenvalue weighted by atomic mass is 10.0. The predicted molar refractivity (Wildman–Crippen MR) is 115 cm³/mol. The fourth-order valence-corrected chi connectivity index (χ4v) is 3.58. The minimum Gasteiger partial charge on any atom is -0.436 e. The molecule has 0 atom stereocenters. The van der Waals surface area contributed by atoms with E-state index >= 15 is 0 Å². The van der Waals surface area contributed by atoms with E-state index in [2.05, 4.69) is 17.2 Å². The van der Waals surface area contributed by atoms with E-state index in [0.29, 0.717) is 28.4 Å². The minimum atomic E-state index is 0.0280. The van der Waals surface area contributed by atoms with Crippen LogP contribution in [0.5, 0.6) is 0 Å². The Hall–Kier alpha value is -2.85. The predicted octanol–water partition coefficient (Wildman–Crippen LogP) is 6.82. The van der Waals surface area contributed by atoms with E-state index in [9.17, 15) is 4.79 Å². The van der Waals surface area contributed by atoms with Crippen LogP contribution in [-0.2, 0) is 4.79 Å². The number of oxazole rings is 1. The van der Waals surface area contributed by atoms with Crippen LogP contribution in [0, 0.1) is 0 Å². The summed E-state index contributed by atoms with van der Waals surface area (Å²) in [7, 11) is 0. The van der Waals surface area contributed by atoms with E-state index in [1.807, 2.05) is 54.6 Å². The second kappa shape index (κ2) is 8.03. The van der Waals surface area contributed by atoms with Gasteiger partial charge in [0.05, 0.1) is 0 Å². The molecule has 0 aliphatic heterocycles. The molecule has 0 saturated heterocycles. The maximum Gasteiger partial charge on any atom is 0.227 e. The van der Waals surface area contributed by atoms with Crippen molar-refractivity contribution >= 4 is 45.1 Å². The number of carbonyl (C=O) groups excluding carboxylic acids is 1. The number of hydrogen-bond acceptors (Lipinski definition) is 3. The lowest BCUT2D eigenvalue weighted by molar-refractivity contribution is -0.116. The number of rotatable bonds is 6. The number of amides is 1. The van der Waals surface area contributed by atoms with Crippen molar-refractivity contribution in [3.63, 3.8) is 0 Å². The van der Waals surface area contributed by atoms with Crippen molar-refractivity contribution in [2.45, 2.75) is 32.6 Å². The van der Waals surface area contributed by atoms with E-state index in [0.717, 1.165) is 41.3 Å². The zero-order valence-corrected chi connectivity index (χ0v) is 16.4. The highest BCUT2D eigenvalue weighted by Gasteiger charge is 2.13. The zero-order valence-electron chi connectivity index (χ0n) is 15.7. The van der Waals surface area contributed by atoms with Crippen molar-refractivity contribution in [2.24, 2.45) is 0 Å². The van der Waals surface area contributed by atoms with Crippen molar-refractivity contribution in [3.05, 3.63) is 59.6 Å². The van der Waals surface area contributed by atoms with Gasteiger partial charge in [0.25, 0.3) is 0 Å². The van der Waals surface area contributed by atoms with Gasteiger partial charge in [0, 0.05) is 28.1 Å². The zero-order chi connectivity index (χ0) is 19.5. The molecule has 4 nitrogen and oxygen atoms in total. The summed E-state index contributed by atoms with van der Waals surface area (Å²) in [5, 5.41) is 5.59. The maximum atomic E-state index is 12.1. The van der Waals surface area contributed by atoms with Gasteiger partial charge >= 0.3 is 0 Å². The average Bonchev–Trinajstić information content (AvgIpc) is 3.11. The third kappa shape index (κ3) is 3.73. The van der Waals surface area contributed by atoms with Crippen LogP contribution in [-0.4, -0.2) is 10.9 Å². The molecule has 142 valence electrons. The molecule has 3 aromatic carbocycles. The molecule has 4 rings (SSSR count). The van der Waals surface area contributed by atoms with Gasteiger partial charge in [-0.05, 0) is 42.1 Å². The molecule has 0 fully saturated rings. The molecular weight excluding hydrogens is 372 g/mol. The third-order valence-corrected chi connectivity index (χ3v) is 5.11. The van der Waals surface area contributed by atoms with Crippen molar-refractivity contribution in [3.8, 4) is 11.5 Å². The van der Waals surface area contributed by atoms with E-state index in [4.69, 9.17) is 16.0 Å². The Labute approximate surface area is 168 Å². The van der Waals surface area contributed by atoms with Gasteiger partial charge in [-0.3, -0.25) is 4.79 Å². The minimum absolute atomic E-state index is 0.0280. The van der Waals surface area contributed by atoms with Crippen LogP contribution in [0.15, 0.2) is 59.0 Å². The van der Waals surface area contributed by atoms with Gasteiger partial charge < -0.3 is 9.73 Å². The number of unbranched alkanes of at least 4 members (excludes halogenated alkanes) is 2. The Morgan fingerprint density at radius 1 is 1.07 bits per heavy atom. The number of halogens is 1. The molecule has 0 saturated carbocycles. The van der Waals surface area contributed by atoms with Gasteiger partial charge in [-0.2, -0.15) is 0 Å². The molecule has 1 aromatic heterocycles. The van der Waals surface area contributed by atoms with Gasteiger partial charge in [0.15, 0.2) is 5.58 Å². The van der Waals surface area contributed by atoms with Crippen LogP contribution in [0.4, 0.5) is 5.69 Å². The fraction of sp³-hybridized carbons (Fsp3) is 0.217. The highest BCUT2D eigenvalue weighted by molar-refractivity contribution is 6.35. The summed E-state index contributed by atoms with van der Waals surface area (Å²) in [6.07, 6.45) is 3.60. The van der Waals surface area contributed by atoms with Gasteiger partial charge in [-0.25, -0.2) is 4.98 Å². The third-order valence-electron chi connectivity index (χ3n) is 4.78. The Morgan fingerprint density at radius 3 is 2.75 bits per heavy atom. The smallest absolute Gasteiger partial charge is 0.227 e. The number of carbonyl (C=O) groups is 1. The highest BCUT2D eigenvalue weighted by atomic mass is 35.5. The number of benzene rings is 3. The Morgan fingerprint density at radius 2 is 1.89 bits per heavy atom. The van der Waals surface area contributed by atoms with Crippen LogP contribution >= 0.6 is 11.6 Å². The van der Waals surface area contributed by atoms with Crippen LogP contribution in [0.25, 0.3) is 33.3 Å². The lowest BCUT2D eigenvalue weighted by Crippen LogP contribution is -2.10. The average molecular weight is 393 g/mol. The van der Waals surface area contributed by atoms with Crippen molar-refractivity contribution in [1.29, 1.82) is 0 Å². The van der Waals surface area contributed by atoms with Gasteiger partial charge in [-0.1, -0.05) is 55.6 Å². The molecule has 4 aromatic rings. The molecule has 0 spiro atoms. The number of fused-ring (bicyclic) bond motifs is 2.